The molecule has 0 aliphatic carbocycles. The summed E-state index contributed by atoms with van der Waals surface area (Å²) >= 11 is 6.26. The van der Waals surface area contributed by atoms with Crippen LogP contribution in [0.4, 0.5) is 27.6 Å². The van der Waals surface area contributed by atoms with Gasteiger partial charge in [-0.2, -0.15) is 28.6 Å². The third kappa shape index (κ3) is 4.62. The summed E-state index contributed by atoms with van der Waals surface area (Å²) in [5.41, 5.74) is -0.888. The smallest absolute Gasteiger partial charge is 0.341 e. The van der Waals surface area contributed by atoms with Crippen LogP contribution in [0, 0.1) is 11.6 Å². The van der Waals surface area contributed by atoms with E-state index in [9.17, 15) is 31.5 Å². The van der Waals surface area contributed by atoms with E-state index in [2.05, 4.69) is 26.0 Å². The monoisotopic (exact) mass is 533 g/mol. The third-order valence-electron chi connectivity index (χ3n) is 5.70. The Hall–Kier alpha value is -4.32. The lowest BCUT2D eigenvalue weighted by molar-refractivity contribution is -0.137. The van der Waals surface area contributed by atoms with Crippen molar-refractivity contribution in [1.29, 1.82) is 0 Å². The van der Waals surface area contributed by atoms with E-state index in [-0.39, 0.29) is 33.5 Å². The number of benzene rings is 3. The van der Waals surface area contributed by atoms with E-state index in [0.29, 0.717) is 23.4 Å². The number of carbonyl (C=O) groups excluding carboxylic acids is 2. The van der Waals surface area contributed by atoms with Crippen molar-refractivity contribution in [3.63, 3.8) is 0 Å². The summed E-state index contributed by atoms with van der Waals surface area (Å²) in [6.07, 6.45) is -3.54. The Morgan fingerprint density at radius 3 is 2.51 bits per heavy atom. The molecule has 0 radical (unpaired) electrons. The molecule has 5 rings (SSSR count). The van der Waals surface area contributed by atoms with Gasteiger partial charge in [0.2, 0.25) is 0 Å². The molecular formula is C24H13ClF5N5O2. The molecule has 2 heterocycles. The lowest BCUT2D eigenvalue weighted by Gasteiger charge is -2.19. The quantitative estimate of drug-likeness (QED) is 0.301. The van der Waals surface area contributed by atoms with Crippen LogP contribution in [0.15, 0.2) is 54.7 Å². The first-order valence-corrected chi connectivity index (χ1v) is 10.9. The van der Waals surface area contributed by atoms with Gasteiger partial charge in [-0.3, -0.25) is 9.59 Å². The zero-order chi connectivity index (χ0) is 26.5. The Morgan fingerprint density at radius 2 is 1.81 bits per heavy atom. The summed E-state index contributed by atoms with van der Waals surface area (Å²) in [6, 6.07) is 6.83. The Labute approximate surface area is 209 Å². The fraction of sp³-hybridized carbons (Fsp3) is 0.0833. The zero-order valence-corrected chi connectivity index (χ0v) is 19.0. The van der Waals surface area contributed by atoms with Gasteiger partial charge in [-0.15, -0.1) is 0 Å². The van der Waals surface area contributed by atoms with Crippen LogP contribution >= 0.6 is 11.6 Å². The van der Waals surface area contributed by atoms with Gasteiger partial charge in [0.1, 0.15) is 17.3 Å². The summed E-state index contributed by atoms with van der Waals surface area (Å²) in [4.78, 5) is 25.9. The molecule has 3 N–H and O–H groups in total. The van der Waals surface area contributed by atoms with Crippen molar-refractivity contribution in [2.24, 2.45) is 0 Å². The van der Waals surface area contributed by atoms with Gasteiger partial charge in [0.15, 0.2) is 0 Å². The summed E-state index contributed by atoms with van der Waals surface area (Å²) in [7, 11) is 0. The van der Waals surface area contributed by atoms with Gasteiger partial charge in [-0.1, -0.05) is 11.6 Å². The van der Waals surface area contributed by atoms with Crippen molar-refractivity contribution in [2.45, 2.75) is 12.2 Å². The predicted octanol–water partition coefficient (Wildman–Crippen LogP) is 5.51. The van der Waals surface area contributed by atoms with Crippen molar-refractivity contribution in [2.75, 3.05) is 5.32 Å². The van der Waals surface area contributed by atoms with E-state index >= 15 is 0 Å². The number of rotatable bonds is 4. The maximum Gasteiger partial charge on any atom is 0.416 e. The van der Waals surface area contributed by atoms with E-state index < -0.39 is 46.8 Å². The van der Waals surface area contributed by atoms with Crippen LogP contribution < -0.4 is 10.6 Å². The van der Waals surface area contributed by atoms with E-state index in [1.807, 2.05) is 0 Å². The minimum atomic E-state index is -4.89. The zero-order valence-electron chi connectivity index (χ0n) is 18.3. The maximum atomic E-state index is 14.0. The molecule has 7 nitrogen and oxygen atoms in total. The fourth-order valence-corrected chi connectivity index (χ4v) is 4.30. The molecule has 4 aromatic rings. The number of nitrogens with one attached hydrogen (secondary N) is 3. The average Bonchev–Trinajstić information content (AvgIpc) is 3.48. The molecule has 0 bridgehead atoms. The maximum absolute atomic E-state index is 14.0. The van der Waals surface area contributed by atoms with Crippen LogP contribution in [-0.4, -0.2) is 27.2 Å². The third-order valence-corrected chi connectivity index (χ3v) is 6.05. The molecule has 3 aromatic carbocycles. The highest BCUT2D eigenvalue weighted by Crippen LogP contribution is 2.41. The lowest BCUT2D eigenvalue weighted by Crippen LogP contribution is -2.21. The number of hydrogen-bond donors (Lipinski definition) is 3. The van der Waals surface area contributed by atoms with Crippen LogP contribution in [0.3, 0.4) is 0 Å². The van der Waals surface area contributed by atoms with E-state index in [1.54, 1.807) is 0 Å². The van der Waals surface area contributed by atoms with Gasteiger partial charge >= 0.3 is 6.18 Å². The topological polar surface area (TPSA) is 99.8 Å². The molecule has 1 aliphatic rings. The number of H-pyrrole nitrogens is 1. The molecule has 1 unspecified atom stereocenters. The number of fused-ring (bicyclic) bond motifs is 1. The SMILES string of the molecule is O=C(Nc1cc(-c2cn[nH]n2)cc2c1C(c1cc(F)ccc1Cl)NC2=O)c1cc(F)cc(C(F)(F)F)c1. The number of hydrogen-bond acceptors (Lipinski definition) is 4. The van der Waals surface area contributed by atoms with Crippen LogP contribution in [0.5, 0.6) is 0 Å². The number of halogens is 6. The normalized spacial score (nSPS) is 14.9. The molecule has 1 aromatic heterocycles. The molecular weight excluding hydrogens is 521 g/mol. The first-order chi connectivity index (χ1) is 17.5. The van der Waals surface area contributed by atoms with Gasteiger partial charge < -0.3 is 10.6 Å². The summed E-state index contributed by atoms with van der Waals surface area (Å²) in [6.45, 7) is 0. The Morgan fingerprint density at radius 1 is 1.03 bits per heavy atom. The highest BCUT2D eigenvalue weighted by Gasteiger charge is 2.36. The molecule has 0 saturated carbocycles. The minimum Gasteiger partial charge on any atom is -0.341 e. The largest absolute Gasteiger partial charge is 0.416 e. The number of aromatic nitrogens is 3. The second kappa shape index (κ2) is 8.96. The second-order valence-corrected chi connectivity index (χ2v) is 8.50. The van der Waals surface area contributed by atoms with Gasteiger partial charge in [0.25, 0.3) is 11.8 Å². The molecule has 1 atom stereocenters. The molecule has 1 aliphatic heterocycles. The van der Waals surface area contributed by atoms with Crippen molar-refractivity contribution >= 4 is 29.1 Å². The molecule has 0 fully saturated rings. The van der Waals surface area contributed by atoms with Crippen LogP contribution in [0.2, 0.25) is 5.02 Å². The molecule has 13 heteroatoms. The Kier molecular flexibility index (Phi) is 5.91. The summed E-state index contributed by atoms with van der Waals surface area (Å²) in [5.74, 6) is -3.55. The molecule has 2 amide bonds. The van der Waals surface area contributed by atoms with Crippen LogP contribution in [0.25, 0.3) is 11.3 Å². The highest BCUT2D eigenvalue weighted by molar-refractivity contribution is 6.31. The summed E-state index contributed by atoms with van der Waals surface area (Å²) < 4.78 is 67.5. The van der Waals surface area contributed by atoms with Crippen LogP contribution in [0.1, 0.15) is 43.4 Å². The highest BCUT2D eigenvalue weighted by atomic mass is 35.5. The van der Waals surface area contributed by atoms with Crippen molar-refractivity contribution < 1.29 is 31.5 Å². The Balaban J connectivity index is 1.65. The van der Waals surface area contributed by atoms with Gasteiger partial charge in [0.05, 0.1) is 17.8 Å². The van der Waals surface area contributed by atoms with Gasteiger partial charge in [-0.05, 0) is 48.5 Å². The number of amides is 2. The molecule has 0 saturated heterocycles. The average molecular weight is 534 g/mol. The molecule has 37 heavy (non-hydrogen) atoms. The second-order valence-electron chi connectivity index (χ2n) is 8.09. The number of aromatic amines is 1. The number of carbonyl (C=O) groups is 2. The van der Waals surface area contributed by atoms with Crippen molar-refractivity contribution in [3.8, 4) is 11.3 Å². The first-order valence-electron chi connectivity index (χ1n) is 10.5. The van der Waals surface area contributed by atoms with Crippen molar-refractivity contribution in [1.82, 2.24) is 20.7 Å². The number of nitrogens with zero attached hydrogens (tertiary/aromatic N) is 2. The Bertz CT molecular complexity index is 1560. The molecule has 188 valence electrons. The van der Waals surface area contributed by atoms with Gasteiger partial charge in [0, 0.05) is 38.5 Å². The van der Waals surface area contributed by atoms with E-state index in [1.165, 1.54) is 24.4 Å². The van der Waals surface area contributed by atoms with Crippen molar-refractivity contribution in [3.05, 3.63) is 99.2 Å². The van der Waals surface area contributed by atoms with Crippen LogP contribution in [-0.2, 0) is 6.18 Å². The van der Waals surface area contributed by atoms with Gasteiger partial charge in [-0.25, -0.2) is 8.78 Å². The number of alkyl halides is 3. The van der Waals surface area contributed by atoms with E-state index in [0.717, 1.165) is 12.1 Å². The fourth-order valence-electron chi connectivity index (χ4n) is 4.07. The predicted molar refractivity (Wildman–Crippen MR) is 122 cm³/mol. The standard InChI is InChI=1S/C24H13ClF5N5O2/c25-17-2-1-13(26)8-15(17)21-20-16(23(37)33-21)5-10(19-9-31-35-34-19)6-18(20)32-22(36)11-3-12(24(28,29)30)7-14(27)4-11/h1-9,21H,(H,32,36)(H,33,37)(H,31,34,35). The van der Waals surface area contributed by atoms with E-state index in [4.69, 9.17) is 11.6 Å². The lowest BCUT2D eigenvalue weighted by atomic mass is 9.93. The number of anilines is 1. The molecule has 0 spiro atoms. The minimum absolute atomic E-state index is 0.0120. The summed E-state index contributed by atoms with van der Waals surface area (Å²) in [5, 5.41) is 15.3. The first kappa shape index (κ1) is 24.4.